The lowest BCUT2D eigenvalue weighted by molar-refractivity contribution is -0.0548. The minimum atomic E-state index is -4.81. The third-order valence-electron chi connectivity index (χ3n) is 4.30. The maximum absolute atomic E-state index is 12.8. The molecule has 11 nitrogen and oxygen atoms in total. The molecule has 3 rings (SSSR count). The van der Waals surface area contributed by atoms with E-state index in [9.17, 15) is 24.4 Å². The molecule has 1 aliphatic heterocycles. The second-order valence-electron chi connectivity index (χ2n) is 6.25. The number of hydrogen-bond acceptors (Lipinski definition) is 7. The van der Waals surface area contributed by atoms with Crippen LogP contribution in [0, 0.1) is 0 Å². The van der Waals surface area contributed by atoms with Crippen molar-refractivity contribution in [2.75, 3.05) is 6.61 Å². The Hall–Kier alpha value is -2.11. The summed E-state index contributed by atoms with van der Waals surface area (Å²) in [7, 11) is -4.81. The minimum Gasteiger partial charge on any atom is -0.387 e. The van der Waals surface area contributed by atoms with Crippen molar-refractivity contribution in [1.29, 1.82) is 0 Å². The predicted molar refractivity (Wildman–Crippen MR) is 94.4 cm³/mol. The normalized spacial score (nSPS) is 25.1. The third kappa shape index (κ3) is 4.47. The monoisotopic (exact) mass is 414 g/mol. The Balaban J connectivity index is 1.87. The molecule has 1 saturated heterocycles. The lowest BCUT2D eigenvalue weighted by Gasteiger charge is -2.18. The van der Waals surface area contributed by atoms with E-state index in [-0.39, 0.29) is 6.54 Å². The van der Waals surface area contributed by atoms with E-state index in [0.29, 0.717) is 5.56 Å². The second-order valence-corrected chi connectivity index (χ2v) is 7.49. The number of nitrogens with zero attached hydrogens (tertiary/aromatic N) is 2. The molecule has 0 aliphatic carbocycles. The molecule has 0 spiro atoms. The number of benzene rings is 1. The van der Waals surface area contributed by atoms with Gasteiger partial charge in [0.05, 0.1) is 13.2 Å². The minimum absolute atomic E-state index is 0.00450. The molecule has 28 heavy (non-hydrogen) atoms. The molecule has 2 heterocycles. The van der Waals surface area contributed by atoms with Gasteiger partial charge in [-0.05, 0) is 5.56 Å². The highest BCUT2D eigenvalue weighted by molar-refractivity contribution is 7.46. The number of ether oxygens (including phenoxy) is 1. The molecule has 2 aromatic rings. The summed E-state index contributed by atoms with van der Waals surface area (Å²) in [6.07, 6.45) is -4.66. The quantitative estimate of drug-likeness (QED) is 0.425. The summed E-state index contributed by atoms with van der Waals surface area (Å²) in [5, 5.41) is 20.3. The van der Waals surface area contributed by atoms with Crippen LogP contribution in [-0.4, -0.2) is 54.1 Å². The topological polar surface area (TPSA) is 160 Å². The molecule has 0 bridgehead atoms. The van der Waals surface area contributed by atoms with Crippen molar-refractivity contribution in [3.05, 3.63) is 69.0 Å². The predicted octanol–water partition coefficient (Wildman–Crippen LogP) is -1.21. The van der Waals surface area contributed by atoms with E-state index in [1.54, 1.807) is 30.3 Å². The van der Waals surface area contributed by atoms with Crippen molar-refractivity contribution in [2.24, 2.45) is 0 Å². The summed E-state index contributed by atoms with van der Waals surface area (Å²) in [5.74, 6) is 0. The van der Waals surface area contributed by atoms with Crippen LogP contribution in [0.2, 0.25) is 0 Å². The average Bonchev–Trinajstić information content (AvgIpc) is 2.92. The first-order chi connectivity index (χ1) is 13.2. The summed E-state index contributed by atoms with van der Waals surface area (Å²) >= 11 is 0. The van der Waals surface area contributed by atoms with Gasteiger partial charge in [0.2, 0.25) is 0 Å². The molecule has 1 fully saturated rings. The summed E-state index contributed by atoms with van der Waals surface area (Å²) in [4.78, 5) is 42.4. The van der Waals surface area contributed by atoms with Gasteiger partial charge in [0.25, 0.3) is 5.56 Å². The van der Waals surface area contributed by atoms with Crippen LogP contribution in [0.15, 0.2) is 52.2 Å². The number of aliphatic hydroxyl groups is 2. The van der Waals surface area contributed by atoms with E-state index in [4.69, 9.17) is 14.5 Å². The molecule has 4 N–H and O–H groups in total. The number of aromatic nitrogens is 2. The van der Waals surface area contributed by atoms with Crippen LogP contribution in [0.5, 0.6) is 0 Å². The number of rotatable bonds is 6. The first kappa shape index (κ1) is 20.6. The van der Waals surface area contributed by atoms with Crippen molar-refractivity contribution in [2.45, 2.75) is 31.1 Å². The van der Waals surface area contributed by atoms with Gasteiger partial charge in [0.15, 0.2) is 6.23 Å². The van der Waals surface area contributed by atoms with Crippen molar-refractivity contribution in [3.8, 4) is 0 Å². The van der Waals surface area contributed by atoms with Crippen molar-refractivity contribution < 1.29 is 33.8 Å². The molecule has 0 radical (unpaired) electrons. The Bertz CT molecular complexity index is 984. The van der Waals surface area contributed by atoms with Crippen LogP contribution in [-0.2, 0) is 20.4 Å². The van der Waals surface area contributed by atoms with E-state index in [1.165, 1.54) is 0 Å². The summed E-state index contributed by atoms with van der Waals surface area (Å²) in [6, 6.07) is 9.90. The van der Waals surface area contributed by atoms with Crippen molar-refractivity contribution in [1.82, 2.24) is 9.13 Å². The van der Waals surface area contributed by atoms with Gasteiger partial charge in [-0.2, -0.15) is 0 Å². The van der Waals surface area contributed by atoms with Crippen LogP contribution in [0.4, 0.5) is 0 Å². The van der Waals surface area contributed by atoms with Crippen LogP contribution < -0.4 is 11.2 Å². The first-order valence-corrected chi connectivity index (χ1v) is 9.78. The molecule has 152 valence electrons. The van der Waals surface area contributed by atoms with Crippen LogP contribution in [0.25, 0.3) is 0 Å². The molecule has 1 unspecified atom stereocenters. The highest BCUT2D eigenvalue weighted by atomic mass is 31.2. The van der Waals surface area contributed by atoms with E-state index in [0.717, 1.165) is 21.4 Å². The largest absolute Gasteiger partial charge is 0.469 e. The van der Waals surface area contributed by atoms with Crippen molar-refractivity contribution >= 4 is 7.82 Å². The highest BCUT2D eigenvalue weighted by Crippen LogP contribution is 2.38. The lowest BCUT2D eigenvalue weighted by Crippen LogP contribution is -2.43. The molecule has 0 amide bonds. The molecule has 1 aromatic carbocycles. The number of aliphatic hydroxyl groups excluding tert-OH is 2. The smallest absolute Gasteiger partial charge is 0.387 e. The maximum atomic E-state index is 12.8. The Morgan fingerprint density at radius 3 is 2.39 bits per heavy atom. The number of phosphoric ester groups is 1. The fourth-order valence-electron chi connectivity index (χ4n) is 2.90. The zero-order valence-electron chi connectivity index (χ0n) is 14.4. The van der Waals surface area contributed by atoms with Gasteiger partial charge in [0.1, 0.15) is 18.3 Å². The molecule has 4 atom stereocenters. The summed E-state index contributed by atoms with van der Waals surface area (Å²) < 4.78 is 22.4. The number of hydrogen-bond donors (Lipinski definition) is 4. The second kappa shape index (κ2) is 8.10. The van der Waals surface area contributed by atoms with Gasteiger partial charge >= 0.3 is 13.5 Å². The average molecular weight is 414 g/mol. The highest BCUT2D eigenvalue weighted by Gasteiger charge is 2.45. The standard InChI is InChI=1S/C16H19N2O9P/c19-12-6-7-17(16(22)18(12)8-10-4-2-1-3-5-10)15-14(21)13(20)11(27-15)9-26-28(23,24)25/h1-7,11,13-15,20-21H,8-9H2,(H2,23,24,25)/t11-,13+,14?,15-/m1/s1. The van der Waals surface area contributed by atoms with Gasteiger partial charge in [0, 0.05) is 12.3 Å². The van der Waals surface area contributed by atoms with Crippen LogP contribution >= 0.6 is 7.82 Å². The van der Waals surface area contributed by atoms with Gasteiger partial charge in [-0.1, -0.05) is 30.3 Å². The summed E-state index contributed by atoms with van der Waals surface area (Å²) in [5.41, 5.74) is -0.621. The Kier molecular flexibility index (Phi) is 5.96. The van der Waals surface area contributed by atoms with E-state index in [1.807, 2.05) is 0 Å². The van der Waals surface area contributed by atoms with E-state index < -0.39 is 50.2 Å². The van der Waals surface area contributed by atoms with E-state index >= 15 is 0 Å². The molecule has 12 heteroatoms. The Labute approximate surface area is 158 Å². The third-order valence-corrected chi connectivity index (χ3v) is 4.78. The fourth-order valence-corrected chi connectivity index (χ4v) is 3.25. The van der Waals surface area contributed by atoms with E-state index in [2.05, 4.69) is 4.52 Å². The zero-order valence-corrected chi connectivity index (χ0v) is 15.3. The Morgan fingerprint density at radius 2 is 1.75 bits per heavy atom. The maximum Gasteiger partial charge on any atom is 0.469 e. The molecule has 0 saturated carbocycles. The van der Waals surface area contributed by atoms with Gasteiger partial charge in [-0.25, -0.2) is 9.36 Å². The van der Waals surface area contributed by atoms with Crippen LogP contribution in [0.1, 0.15) is 11.8 Å². The SMILES string of the molecule is O=c1ccn([C@@H]2O[C@H](COP(=O)(O)O)[C@H](O)C2O)c(=O)n1Cc1ccccc1. The lowest BCUT2D eigenvalue weighted by atomic mass is 10.1. The van der Waals surface area contributed by atoms with Gasteiger partial charge in [-0.15, -0.1) is 0 Å². The first-order valence-electron chi connectivity index (χ1n) is 8.25. The van der Waals surface area contributed by atoms with Gasteiger partial charge < -0.3 is 24.7 Å². The summed E-state index contributed by atoms with van der Waals surface area (Å²) in [6.45, 7) is -0.702. The zero-order chi connectivity index (χ0) is 20.5. The fraction of sp³-hybridized carbons (Fsp3) is 0.375. The number of phosphoric acid groups is 1. The molecular weight excluding hydrogens is 395 g/mol. The molecule has 1 aromatic heterocycles. The molecule has 1 aliphatic rings. The van der Waals surface area contributed by atoms with Crippen LogP contribution in [0.3, 0.4) is 0 Å². The Morgan fingerprint density at radius 1 is 1.07 bits per heavy atom. The van der Waals surface area contributed by atoms with Gasteiger partial charge in [-0.3, -0.25) is 18.5 Å². The van der Waals surface area contributed by atoms with Crippen molar-refractivity contribution in [3.63, 3.8) is 0 Å². The molecular formula is C16H19N2O9P.